The van der Waals surface area contributed by atoms with Crippen molar-refractivity contribution in [3.63, 3.8) is 0 Å². The SMILES string of the molecule is CC(=O)N1CCC(C(=O)N2CC(=O)N(CC(C)C)CC(OCc3cccc(F)c3)C2)CC1. The molecule has 0 bridgehead atoms. The summed E-state index contributed by atoms with van der Waals surface area (Å²) in [6.45, 7) is 8.33. The lowest BCUT2D eigenvalue weighted by molar-refractivity contribution is -0.144. The number of piperidine rings is 1. The molecule has 2 aliphatic heterocycles. The van der Waals surface area contributed by atoms with Crippen LogP contribution < -0.4 is 0 Å². The zero-order valence-corrected chi connectivity index (χ0v) is 19.3. The molecule has 1 atom stereocenters. The van der Waals surface area contributed by atoms with Crippen LogP contribution in [0, 0.1) is 17.7 Å². The molecule has 7 nitrogen and oxygen atoms in total. The third kappa shape index (κ3) is 6.51. The van der Waals surface area contributed by atoms with Crippen molar-refractivity contribution in [2.45, 2.75) is 46.3 Å². The first-order valence-electron chi connectivity index (χ1n) is 11.4. The van der Waals surface area contributed by atoms with E-state index in [1.54, 1.807) is 33.8 Å². The smallest absolute Gasteiger partial charge is 0.242 e. The standard InChI is InChI=1S/C24H34FN3O4/c1-17(2)12-27-13-22(32-16-19-5-4-6-21(25)11-19)14-28(15-23(27)30)24(31)20-7-9-26(10-8-20)18(3)29/h4-6,11,17,20,22H,7-10,12-16H2,1-3H3. The summed E-state index contributed by atoms with van der Waals surface area (Å²) < 4.78 is 19.6. The summed E-state index contributed by atoms with van der Waals surface area (Å²) in [6, 6.07) is 6.25. The molecule has 3 amide bonds. The number of carbonyl (C=O) groups is 3. The summed E-state index contributed by atoms with van der Waals surface area (Å²) in [6.07, 6.45) is 0.853. The van der Waals surface area contributed by atoms with Gasteiger partial charge in [0.25, 0.3) is 0 Å². The van der Waals surface area contributed by atoms with Crippen LogP contribution in [0.1, 0.15) is 39.2 Å². The largest absolute Gasteiger partial charge is 0.370 e. The molecular weight excluding hydrogens is 413 g/mol. The predicted octanol–water partition coefficient (Wildman–Crippen LogP) is 2.30. The Labute approximate surface area is 189 Å². The Morgan fingerprint density at radius 3 is 2.50 bits per heavy atom. The molecule has 2 fully saturated rings. The molecule has 2 aliphatic rings. The van der Waals surface area contributed by atoms with Crippen LogP contribution in [0.5, 0.6) is 0 Å². The van der Waals surface area contributed by atoms with Crippen LogP contribution in [-0.2, 0) is 25.7 Å². The fourth-order valence-electron chi connectivity index (χ4n) is 4.41. The zero-order chi connectivity index (χ0) is 23.3. The minimum atomic E-state index is -0.357. The highest BCUT2D eigenvalue weighted by atomic mass is 19.1. The van der Waals surface area contributed by atoms with E-state index >= 15 is 0 Å². The van der Waals surface area contributed by atoms with E-state index in [4.69, 9.17) is 4.74 Å². The third-order valence-electron chi connectivity index (χ3n) is 6.09. The maximum Gasteiger partial charge on any atom is 0.242 e. The number of ether oxygens (including phenoxy) is 1. The van der Waals surface area contributed by atoms with Gasteiger partial charge in [-0.2, -0.15) is 0 Å². The molecule has 2 heterocycles. The topological polar surface area (TPSA) is 70.2 Å². The van der Waals surface area contributed by atoms with Crippen molar-refractivity contribution < 1.29 is 23.5 Å². The number of benzene rings is 1. The Kier molecular flexibility index (Phi) is 8.23. The van der Waals surface area contributed by atoms with Crippen molar-refractivity contribution >= 4 is 17.7 Å². The Hall–Kier alpha value is -2.48. The van der Waals surface area contributed by atoms with Gasteiger partial charge in [0, 0.05) is 45.6 Å². The highest BCUT2D eigenvalue weighted by molar-refractivity contribution is 5.86. The summed E-state index contributed by atoms with van der Waals surface area (Å²) in [5.74, 6) is -0.328. The van der Waals surface area contributed by atoms with Gasteiger partial charge in [0.1, 0.15) is 5.82 Å². The van der Waals surface area contributed by atoms with E-state index < -0.39 is 0 Å². The minimum Gasteiger partial charge on any atom is -0.370 e. The van der Waals surface area contributed by atoms with E-state index in [1.165, 1.54) is 12.1 Å². The number of hydrogen-bond donors (Lipinski definition) is 0. The molecule has 0 aliphatic carbocycles. The Morgan fingerprint density at radius 2 is 1.88 bits per heavy atom. The van der Waals surface area contributed by atoms with Crippen LogP contribution in [0.4, 0.5) is 4.39 Å². The summed E-state index contributed by atoms with van der Waals surface area (Å²) in [5.41, 5.74) is 0.713. The van der Waals surface area contributed by atoms with Crippen molar-refractivity contribution in [1.82, 2.24) is 14.7 Å². The van der Waals surface area contributed by atoms with E-state index in [-0.39, 0.29) is 48.7 Å². The molecular formula is C24H34FN3O4. The highest BCUT2D eigenvalue weighted by Gasteiger charge is 2.35. The number of rotatable bonds is 6. The van der Waals surface area contributed by atoms with E-state index in [0.29, 0.717) is 57.0 Å². The van der Waals surface area contributed by atoms with Gasteiger partial charge in [-0.05, 0) is 36.5 Å². The maximum atomic E-state index is 13.5. The van der Waals surface area contributed by atoms with Crippen LogP contribution in [0.15, 0.2) is 24.3 Å². The Balaban J connectivity index is 1.69. The molecule has 0 N–H and O–H groups in total. The van der Waals surface area contributed by atoms with Gasteiger partial charge in [-0.1, -0.05) is 26.0 Å². The predicted molar refractivity (Wildman–Crippen MR) is 118 cm³/mol. The molecule has 8 heteroatoms. The first kappa shape index (κ1) is 24.2. The monoisotopic (exact) mass is 447 g/mol. The quantitative estimate of drug-likeness (QED) is 0.671. The summed E-state index contributed by atoms with van der Waals surface area (Å²) in [7, 11) is 0. The highest BCUT2D eigenvalue weighted by Crippen LogP contribution is 2.22. The van der Waals surface area contributed by atoms with Crippen molar-refractivity contribution in [1.29, 1.82) is 0 Å². The minimum absolute atomic E-state index is 0.0241. The van der Waals surface area contributed by atoms with Gasteiger partial charge < -0.3 is 19.4 Å². The third-order valence-corrected chi connectivity index (χ3v) is 6.09. The molecule has 0 saturated carbocycles. The van der Waals surface area contributed by atoms with Crippen LogP contribution in [0.25, 0.3) is 0 Å². The molecule has 1 unspecified atom stereocenters. The Morgan fingerprint density at radius 1 is 1.16 bits per heavy atom. The summed E-state index contributed by atoms with van der Waals surface area (Å²) in [5, 5.41) is 0. The molecule has 0 radical (unpaired) electrons. The fourth-order valence-corrected chi connectivity index (χ4v) is 4.41. The average Bonchev–Trinajstić information content (AvgIpc) is 2.90. The number of hydrogen-bond acceptors (Lipinski definition) is 4. The lowest BCUT2D eigenvalue weighted by atomic mass is 9.95. The molecule has 1 aromatic rings. The van der Waals surface area contributed by atoms with Crippen LogP contribution in [0.3, 0.4) is 0 Å². The Bertz CT molecular complexity index is 823. The van der Waals surface area contributed by atoms with Crippen LogP contribution in [-0.4, -0.2) is 77.8 Å². The molecule has 176 valence electrons. The maximum absolute atomic E-state index is 13.5. The van der Waals surface area contributed by atoms with Crippen molar-refractivity contribution in [3.8, 4) is 0 Å². The second kappa shape index (κ2) is 10.9. The first-order valence-corrected chi connectivity index (χ1v) is 11.4. The normalized spacial score (nSPS) is 20.6. The van der Waals surface area contributed by atoms with Gasteiger partial charge in [-0.25, -0.2) is 4.39 Å². The lowest BCUT2D eigenvalue weighted by Crippen LogP contribution is -2.47. The second-order valence-corrected chi connectivity index (χ2v) is 9.25. The van der Waals surface area contributed by atoms with Gasteiger partial charge in [0.15, 0.2) is 0 Å². The number of nitrogens with zero attached hydrogens (tertiary/aromatic N) is 3. The van der Waals surface area contributed by atoms with Gasteiger partial charge in [-0.3, -0.25) is 14.4 Å². The van der Waals surface area contributed by atoms with Crippen molar-refractivity contribution in [3.05, 3.63) is 35.6 Å². The van der Waals surface area contributed by atoms with Gasteiger partial charge >= 0.3 is 0 Å². The number of halogens is 1. The number of amides is 3. The van der Waals surface area contributed by atoms with Crippen LogP contribution in [0.2, 0.25) is 0 Å². The van der Waals surface area contributed by atoms with E-state index in [2.05, 4.69) is 0 Å². The zero-order valence-electron chi connectivity index (χ0n) is 19.3. The van der Waals surface area contributed by atoms with E-state index in [0.717, 1.165) is 0 Å². The fraction of sp³-hybridized carbons (Fsp3) is 0.625. The molecule has 2 saturated heterocycles. The molecule has 0 spiro atoms. The van der Waals surface area contributed by atoms with Gasteiger partial charge in [0.2, 0.25) is 17.7 Å². The van der Waals surface area contributed by atoms with E-state index in [1.807, 2.05) is 13.8 Å². The van der Waals surface area contributed by atoms with Gasteiger partial charge in [0.05, 0.1) is 19.3 Å². The summed E-state index contributed by atoms with van der Waals surface area (Å²) in [4.78, 5) is 42.9. The van der Waals surface area contributed by atoms with Gasteiger partial charge in [-0.15, -0.1) is 0 Å². The molecule has 32 heavy (non-hydrogen) atoms. The summed E-state index contributed by atoms with van der Waals surface area (Å²) >= 11 is 0. The first-order chi connectivity index (χ1) is 15.2. The van der Waals surface area contributed by atoms with Crippen molar-refractivity contribution in [2.75, 3.05) is 39.3 Å². The lowest BCUT2D eigenvalue weighted by Gasteiger charge is -2.33. The molecule has 0 aromatic heterocycles. The number of likely N-dealkylation sites (tertiary alicyclic amines) is 1. The number of carbonyl (C=O) groups excluding carboxylic acids is 3. The molecule has 3 rings (SSSR count). The van der Waals surface area contributed by atoms with E-state index in [9.17, 15) is 18.8 Å². The second-order valence-electron chi connectivity index (χ2n) is 9.25. The molecule has 1 aromatic carbocycles. The van der Waals surface area contributed by atoms with Crippen LogP contribution >= 0.6 is 0 Å². The average molecular weight is 448 g/mol. The van der Waals surface area contributed by atoms with Crippen molar-refractivity contribution in [2.24, 2.45) is 11.8 Å².